The lowest BCUT2D eigenvalue weighted by Crippen LogP contribution is -2.40. The number of anilines is 1. The van der Waals surface area contributed by atoms with Gasteiger partial charge in [0.2, 0.25) is 5.91 Å². The molecular formula is C13H15Cl3N2O3. The molecule has 0 radical (unpaired) electrons. The van der Waals surface area contributed by atoms with Crippen LogP contribution in [0.1, 0.15) is 12.8 Å². The number of rotatable bonds is 4. The smallest absolute Gasteiger partial charge is 0.320 e. The average Bonchev–Trinajstić information content (AvgIpc) is 2.82. The second-order valence-electron chi connectivity index (χ2n) is 4.61. The molecule has 8 heteroatoms. The van der Waals surface area contributed by atoms with Crippen LogP contribution in [0.2, 0.25) is 10.0 Å². The van der Waals surface area contributed by atoms with Crippen molar-refractivity contribution >= 4 is 53.2 Å². The second-order valence-corrected chi connectivity index (χ2v) is 5.43. The van der Waals surface area contributed by atoms with Crippen molar-refractivity contribution in [2.24, 2.45) is 0 Å². The third kappa shape index (κ3) is 4.48. The van der Waals surface area contributed by atoms with Gasteiger partial charge in [0, 0.05) is 0 Å². The average molecular weight is 354 g/mol. The van der Waals surface area contributed by atoms with E-state index in [0.29, 0.717) is 28.7 Å². The third-order valence-electron chi connectivity index (χ3n) is 3.22. The molecule has 1 aromatic rings. The molecule has 1 atom stereocenters. The number of carbonyl (C=O) groups excluding carboxylic acids is 1. The molecule has 116 valence electrons. The number of nitrogens with one attached hydrogen (secondary N) is 1. The van der Waals surface area contributed by atoms with Crippen molar-refractivity contribution < 1.29 is 14.7 Å². The van der Waals surface area contributed by atoms with E-state index in [1.54, 1.807) is 23.1 Å². The summed E-state index contributed by atoms with van der Waals surface area (Å²) in [6.07, 6.45) is 1.34. The SMILES string of the molecule is Cl.O=C(CN1CCC[C@H]1C(=O)O)Nc1c(Cl)cccc1Cl. The van der Waals surface area contributed by atoms with Crippen LogP contribution in [0.5, 0.6) is 0 Å². The standard InChI is InChI=1S/C13H14Cl2N2O3.ClH/c14-8-3-1-4-9(15)12(8)16-11(18)7-17-6-2-5-10(17)13(19)20;/h1,3-4,10H,2,5-7H2,(H,16,18)(H,19,20);1H/t10-;/m0./s1. The minimum absolute atomic E-state index is 0. The van der Waals surface area contributed by atoms with Crippen LogP contribution >= 0.6 is 35.6 Å². The van der Waals surface area contributed by atoms with Gasteiger partial charge >= 0.3 is 5.97 Å². The van der Waals surface area contributed by atoms with E-state index < -0.39 is 12.0 Å². The van der Waals surface area contributed by atoms with Gasteiger partial charge < -0.3 is 10.4 Å². The molecule has 2 rings (SSSR count). The minimum atomic E-state index is -0.897. The topological polar surface area (TPSA) is 69.6 Å². The number of hydrogen-bond acceptors (Lipinski definition) is 3. The van der Waals surface area contributed by atoms with Crippen LogP contribution in [0.25, 0.3) is 0 Å². The van der Waals surface area contributed by atoms with Gasteiger partial charge in [0.25, 0.3) is 0 Å². The van der Waals surface area contributed by atoms with E-state index in [4.69, 9.17) is 28.3 Å². The Morgan fingerprint density at radius 2 is 1.95 bits per heavy atom. The molecule has 21 heavy (non-hydrogen) atoms. The van der Waals surface area contributed by atoms with Gasteiger partial charge in [0.15, 0.2) is 0 Å². The molecule has 0 unspecified atom stereocenters. The number of carbonyl (C=O) groups is 2. The number of halogens is 3. The molecule has 5 nitrogen and oxygen atoms in total. The van der Waals surface area contributed by atoms with Gasteiger partial charge in [-0.05, 0) is 31.5 Å². The molecule has 1 amide bonds. The van der Waals surface area contributed by atoms with Crippen LogP contribution in [0.3, 0.4) is 0 Å². The highest BCUT2D eigenvalue weighted by atomic mass is 35.5. The molecule has 1 aliphatic rings. The normalized spacial score (nSPS) is 18.1. The lowest BCUT2D eigenvalue weighted by Gasteiger charge is -2.20. The molecule has 0 aromatic heterocycles. The zero-order chi connectivity index (χ0) is 14.7. The molecule has 0 bridgehead atoms. The first-order valence-corrected chi connectivity index (χ1v) is 6.95. The van der Waals surface area contributed by atoms with E-state index >= 15 is 0 Å². The molecule has 0 aliphatic carbocycles. The van der Waals surface area contributed by atoms with Crippen molar-refractivity contribution in [2.75, 3.05) is 18.4 Å². The van der Waals surface area contributed by atoms with Gasteiger partial charge in [-0.15, -0.1) is 12.4 Å². The lowest BCUT2D eigenvalue weighted by molar-refractivity contribution is -0.142. The summed E-state index contributed by atoms with van der Waals surface area (Å²) in [6.45, 7) is 0.610. The fourth-order valence-corrected chi connectivity index (χ4v) is 2.77. The molecule has 0 saturated carbocycles. The molecule has 1 aliphatic heterocycles. The van der Waals surface area contributed by atoms with Crippen LogP contribution < -0.4 is 5.32 Å². The van der Waals surface area contributed by atoms with Gasteiger partial charge in [0.1, 0.15) is 6.04 Å². The monoisotopic (exact) mass is 352 g/mol. The Balaban J connectivity index is 0.00000220. The lowest BCUT2D eigenvalue weighted by atomic mass is 10.2. The summed E-state index contributed by atoms with van der Waals surface area (Å²) in [7, 11) is 0. The number of likely N-dealkylation sites (tertiary alicyclic amines) is 1. The number of amides is 1. The van der Waals surface area contributed by atoms with Crippen molar-refractivity contribution in [1.82, 2.24) is 4.90 Å². The van der Waals surface area contributed by atoms with Gasteiger partial charge in [-0.1, -0.05) is 29.3 Å². The largest absolute Gasteiger partial charge is 0.480 e. The summed E-state index contributed by atoms with van der Waals surface area (Å²) >= 11 is 11.9. The number of benzene rings is 1. The molecule has 0 spiro atoms. The predicted octanol–water partition coefficient (Wildman–Crippen LogP) is 2.90. The zero-order valence-electron chi connectivity index (χ0n) is 11.0. The fourth-order valence-electron chi connectivity index (χ4n) is 2.28. The second kappa shape index (κ2) is 7.84. The summed E-state index contributed by atoms with van der Waals surface area (Å²) in [4.78, 5) is 24.7. The number of aliphatic carboxylic acids is 1. The molecule has 1 heterocycles. The van der Waals surface area contributed by atoms with Crippen LogP contribution in [-0.4, -0.2) is 41.0 Å². The summed E-state index contributed by atoms with van der Waals surface area (Å²) in [5.41, 5.74) is 0.354. The molecular weight excluding hydrogens is 339 g/mol. The van der Waals surface area contributed by atoms with Crippen LogP contribution in [0, 0.1) is 0 Å². The van der Waals surface area contributed by atoms with Crippen molar-refractivity contribution in [3.63, 3.8) is 0 Å². The predicted molar refractivity (Wildman–Crippen MR) is 84.6 cm³/mol. The number of carboxylic acid groups (broad SMARTS) is 1. The molecule has 1 aromatic carbocycles. The summed E-state index contributed by atoms with van der Waals surface area (Å²) in [6, 6.07) is 4.33. The Morgan fingerprint density at radius 3 is 2.52 bits per heavy atom. The Bertz CT molecular complexity index is 519. The minimum Gasteiger partial charge on any atom is -0.480 e. The first-order valence-electron chi connectivity index (χ1n) is 6.19. The Hall–Kier alpha value is -1.01. The van der Waals surface area contributed by atoms with Gasteiger partial charge in [-0.25, -0.2) is 0 Å². The van der Waals surface area contributed by atoms with E-state index in [0.717, 1.165) is 6.42 Å². The van der Waals surface area contributed by atoms with E-state index in [-0.39, 0.29) is 24.9 Å². The Morgan fingerprint density at radius 1 is 1.33 bits per heavy atom. The van der Waals surface area contributed by atoms with Crippen molar-refractivity contribution in [1.29, 1.82) is 0 Å². The van der Waals surface area contributed by atoms with E-state index in [9.17, 15) is 9.59 Å². The first kappa shape index (κ1) is 18.0. The number of hydrogen-bond donors (Lipinski definition) is 2. The third-order valence-corrected chi connectivity index (χ3v) is 3.85. The molecule has 1 fully saturated rings. The van der Waals surface area contributed by atoms with E-state index in [1.165, 1.54) is 0 Å². The number of carboxylic acids is 1. The highest BCUT2D eigenvalue weighted by Crippen LogP contribution is 2.29. The van der Waals surface area contributed by atoms with E-state index in [2.05, 4.69) is 5.32 Å². The van der Waals surface area contributed by atoms with Crippen LogP contribution in [0.15, 0.2) is 18.2 Å². The summed E-state index contributed by atoms with van der Waals surface area (Å²) in [5.74, 6) is -1.22. The maximum Gasteiger partial charge on any atom is 0.320 e. The summed E-state index contributed by atoms with van der Waals surface area (Å²) < 4.78 is 0. The van der Waals surface area contributed by atoms with Crippen molar-refractivity contribution in [3.05, 3.63) is 28.2 Å². The van der Waals surface area contributed by atoms with E-state index in [1.807, 2.05) is 0 Å². The zero-order valence-corrected chi connectivity index (χ0v) is 13.3. The number of nitrogens with zero attached hydrogens (tertiary/aromatic N) is 1. The van der Waals surface area contributed by atoms with Gasteiger partial charge in [-0.3, -0.25) is 14.5 Å². The molecule has 1 saturated heterocycles. The number of para-hydroxylation sites is 1. The quantitative estimate of drug-likeness (QED) is 0.873. The highest BCUT2D eigenvalue weighted by Gasteiger charge is 2.31. The molecule has 2 N–H and O–H groups in total. The van der Waals surface area contributed by atoms with Crippen molar-refractivity contribution in [2.45, 2.75) is 18.9 Å². The van der Waals surface area contributed by atoms with Crippen molar-refractivity contribution in [3.8, 4) is 0 Å². The maximum atomic E-state index is 12.0. The maximum absolute atomic E-state index is 12.0. The highest BCUT2D eigenvalue weighted by molar-refractivity contribution is 6.39. The Labute approximate surface area is 138 Å². The van der Waals surface area contributed by atoms with Gasteiger partial charge in [-0.2, -0.15) is 0 Å². The fraction of sp³-hybridized carbons (Fsp3) is 0.385. The van der Waals surface area contributed by atoms with Gasteiger partial charge in [0.05, 0.1) is 22.3 Å². The Kier molecular flexibility index (Phi) is 6.74. The first-order chi connectivity index (χ1) is 9.49. The summed E-state index contributed by atoms with van der Waals surface area (Å²) in [5, 5.41) is 12.4. The van der Waals surface area contributed by atoms with Crippen LogP contribution in [0.4, 0.5) is 5.69 Å². The van der Waals surface area contributed by atoms with Crippen LogP contribution in [-0.2, 0) is 9.59 Å².